The largest absolute Gasteiger partial charge is 0.352 e. The number of aromatic nitrogens is 3. The van der Waals surface area contributed by atoms with E-state index in [1.807, 2.05) is 68.4 Å². The minimum atomic E-state index is -0.0792. The van der Waals surface area contributed by atoms with Crippen LogP contribution in [0.1, 0.15) is 27.6 Å². The highest BCUT2D eigenvalue weighted by Gasteiger charge is 2.16. The molecule has 2 aromatic carbocycles. The first kappa shape index (κ1) is 18.3. The smallest absolute Gasteiger partial charge is 0.253 e. The number of halogens is 1. The van der Waals surface area contributed by atoms with Gasteiger partial charge in [-0.1, -0.05) is 23.7 Å². The summed E-state index contributed by atoms with van der Waals surface area (Å²) < 4.78 is 2.06. The number of amides is 1. The lowest BCUT2D eigenvalue weighted by atomic mass is 10.2. The molecule has 0 fully saturated rings. The van der Waals surface area contributed by atoms with Crippen LogP contribution in [-0.2, 0) is 6.42 Å². The van der Waals surface area contributed by atoms with Crippen LogP contribution in [0.25, 0.3) is 16.7 Å². The molecule has 0 saturated carbocycles. The molecule has 2 aromatic heterocycles. The number of para-hydroxylation sites is 2. The Morgan fingerprint density at radius 3 is 2.64 bits per heavy atom. The van der Waals surface area contributed by atoms with Crippen LogP contribution in [0.3, 0.4) is 0 Å². The van der Waals surface area contributed by atoms with Gasteiger partial charge in [0, 0.05) is 35.1 Å². The molecule has 0 atom stereocenters. The Balaban J connectivity index is 1.46. The number of rotatable bonds is 5. The molecule has 2 heterocycles. The molecule has 5 nitrogen and oxygen atoms in total. The van der Waals surface area contributed by atoms with Crippen LogP contribution in [-0.4, -0.2) is 27.0 Å². The summed E-state index contributed by atoms with van der Waals surface area (Å²) in [4.78, 5) is 20.5. The monoisotopic (exact) mass is 392 g/mol. The first-order chi connectivity index (χ1) is 13.5. The minimum Gasteiger partial charge on any atom is -0.352 e. The lowest BCUT2D eigenvalue weighted by Gasteiger charge is -2.10. The third kappa shape index (κ3) is 3.53. The van der Waals surface area contributed by atoms with Gasteiger partial charge in [0.05, 0.1) is 16.6 Å². The van der Waals surface area contributed by atoms with Gasteiger partial charge in [-0.3, -0.25) is 4.79 Å². The molecule has 0 bridgehead atoms. The van der Waals surface area contributed by atoms with Gasteiger partial charge in [-0.25, -0.2) is 4.98 Å². The normalized spacial score (nSPS) is 11.1. The maximum Gasteiger partial charge on any atom is 0.253 e. The number of benzene rings is 2. The number of H-pyrrole nitrogens is 1. The first-order valence-electron chi connectivity index (χ1n) is 9.19. The maximum absolute atomic E-state index is 12.7. The van der Waals surface area contributed by atoms with Crippen molar-refractivity contribution in [3.8, 4) is 5.69 Å². The summed E-state index contributed by atoms with van der Waals surface area (Å²) in [5, 5.41) is 3.69. The van der Waals surface area contributed by atoms with Crippen molar-refractivity contribution in [2.24, 2.45) is 0 Å². The fourth-order valence-electron chi connectivity index (χ4n) is 3.49. The average molecular weight is 393 g/mol. The molecule has 28 heavy (non-hydrogen) atoms. The molecule has 0 aliphatic rings. The number of nitrogens with one attached hydrogen (secondary N) is 2. The van der Waals surface area contributed by atoms with Crippen molar-refractivity contribution in [3.63, 3.8) is 0 Å². The summed E-state index contributed by atoms with van der Waals surface area (Å²) >= 11 is 5.99. The number of carbonyl (C=O) groups is 1. The second-order valence-electron chi connectivity index (χ2n) is 6.80. The average Bonchev–Trinajstić information content (AvgIpc) is 3.22. The van der Waals surface area contributed by atoms with Crippen molar-refractivity contribution in [1.82, 2.24) is 19.9 Å². The summed E-state index contributed by atoms with van der Waals surface area (Å²) in [6, 6.07) is 17.4. The molecule has 0 saturated heterocycles. The van der Waals surface area contributed by atoms with E-state index < -0.39 is 0 Å². The van der Waals surface area contributed by atoms with E-state index in [-0.39, 0.29) is 5.91 Å². The summed E-state index contributed by atoms with van der Waals surface area (Å²) in [7, 11) is 0. The molecule has 0 aliphatic heterocycles. The van der Waals surface area contributed by atoms with Crippen LogP contribution in [0.4, 0.5) is 0 Å². The second-order valence-corrected chi connectivity index (χ2v) is 7.24. The molecule has 2 N–H and O–H groups in total. The number of aromatic amines is 1. The molecular weight excluding hydrogens is 372 g/mol. The number of hydrogen-bond donors (Lipinski definition) is 2. The van der Waals surface area contributed by atoms with Crippen LogP contribution in [0, 0.1) is 13.8 Å². The summed E-state index contributed by atoms with van der Waals surface area (Å²) in [5.41, 5.74) is 5.52. The van der Waals surface area contributed by atoms with Crippen LogP contribution >= 0.6 is 11.6 Å². The Morgan fingerprint density at radius 1 is 1.14 bits per heavy atom. The fourth-order valence-corrected chi connectivity index (χ4v) is 3.62. The number of aryl methyl sites for hydroxylation is 1. The third-order valence-electron chi connectivity index (χ3n) is 4.85. The summed E-state index contributed by atoms with van der Waals surface area (Å²) in [6.07, 6.45) is 0.649. The van der Waals surface area contributed by atoms with Crippen molar-refractivity contribution < 1.29 is 4.79 Å². The quantitative estimate of drug-likeness (QED) is 0.521. The van der Waals surface area contributed by atoms with Gasteiger partial charge in [0.25, 0.3) is 5.91 Å². The van der Waals surface area contributed by atoms with Gasteiger partial charge < -0.3 is 14.9 Å². The molecule has 6 heteroatoms. The fraction of sp³-hybridized carbons (Fsp3) is 0.182. The summed E-state index contributed by atoms with van der Waals surface area (Å²) in [5.74, 6) is 0.789. The number of nitrogens with zero attached hydrogens (tertiary/aromatic N) is 2. The van der Waals surface area contributed by atoms with E-state index in [1.165, 1.54) is 0 Å². The Labute approximate surface area is 168 Å². The Morgan fingerprint density at radius 2 is 1.89 bits per heavy atom. The van der Waals surface area contributed by atoms with Crippen LogP contribution in [0.2, 0.25) is 5.02 Å². The number of carbonyl (C=O) groups excluding carboxylic acids is 1. The Hall–Kier alpha value is -3.05. The zero-order chi connectivity index (χ0) is 19.7. The van der Waals surface area contributed by atoms with Crippen LogP contribution < -0.4 is 5.32 Å². The molecule has 4 aromatic rings. The molecule has 0 aliphatic carbocycles. The van der Waals surface area contributed by atoms with Crippen molar-refractivity contribution in [2.75, 3.05) is 6.54 Å². The molecular formula is C22H21ClN4O. The van der Waals surface area contributed by atoms with Crippen LogP contribution in [0.15, 0.2) is 54.6 Å². The van der Waals surface area contributed by atoms with E-state index in [1.54, 1.807) is 0 Å². The zero-order valence-corrected chi connectivity index (χ0v) is 16.5. The van der Waals surface area contributed by atoms with Gasteiger partial charge in [0.15, 0.2) is 0 Å². The second kappa shape index (κ2) is 7.52. The predicted octanol–water partition coefficient (Wildman–Crippen LogP) is 4.60. The molecule has 4 rings (SSSR count). The highest BCUT2D eigenvalue weighted by molar-refractivity contribution is 6.30. The van der Waals surface area contributed by atoms with Gasteiger partial charge >= 0.3 is 0 Å². The number of imidazole rings is 1. The van der Waals surface area contributed by atoms with E-state index in [2.05, 4.69) is 19.9 Å². The molecule has 0 unspecified atom stereocenters. The third-order valence-corrected chi connectivity index (χ3v) is 5.10. The predicted molar refractivity (Wildman–Crippen MR) is 112 cm³/mol. The van der Waals surface area contributed by atoms with E-state index in [0.717, 1.165) is 33.9 Å². The lowest BCUT2D eigenvalue weighted by molar-refractivity contribution is 0.0953. The zero-order valence-electron chi connectivity index (χ0n) is 15.8. The van der Waals surface area contributed by atoms with Gasteiger partial charge in [0.1, 0.15) is 5.82 Å². The van der Waals surface area contributed by atoms with Crippen molar-refractivity contribution in [1.29, 1.82) is 0 Å². The summed E-state index contributed by atoms with van der Waals surface area (Å²) in [6.45, 7) is 4.46. The van der Waals surface area contributed by atoms with Gasteiger partial charge in [-0.05, 0) is 56.3 Å². The van der Waals surface area contributed by atoms with Gasteiger partial charge in [0.2, 0.25) is 0 Å². The highest BCUT2D eigenvalue weighted by atomic mass is 35.5. The van der Waals surface area contributed by atoms with Gasteiger partial charge in [-0.2, -0.15) is 0 Å². The SMILES string of the molecule is Cc1cc(C(=O)NCCc2nc3ccccc3[nH]2)c(C)n1-c1ccc(Cl)cc1. The standard InChI is InChI=1S/C22H21ClN4O/c1-14-13-18(15(2)27(14)17-9-7-16(23)8-10-17)22(28)24-12-11-21-25-19-5-3-4-6-20(19)26-21/h3-10,13H,11-12H2,1-2H3,(H,24,28)(H,25,26). The topological polar surface area (TPSA) is 62.7 Å². The maximum atomic E-state index is 12.7. The van der Waals surface area contributed by atoms with Gasteiger partial charge in [-0.15, -0.1) is 0 Å². The van der Waals surface area contributed by atoms with Crippen molar-refractivity contribution in [3.05, 3.63) is 82.4 Å². The van der Waals surface area contributed by atoms with E-state index >= 15 is 0 Å². The molecule has 1 amide bonds. The number of fused-ring (bicyclic) bond motifs is 1. The van der Waals surface area contributed by atoms with E-state index in [4.69, 9.17) is 11.6 Å². The first-order valence-corrected chi connectivity index (χ1v) is 9.57. The molecule has 0 spiro atoms. The lowest BCUT2D eigenvalue weighted by Crippen LogP contribution is -2.26. The van der Waals surface area contributed by atoms with E-state index in [0.29, 0.717) is 23.6 Å². The molecule has 142 valence electrons. The van der Waals surface area contributed by atoms with Crippen molar-refractivity contribution >= 4 is 28.5 Å². The van der Waals surface area contributed by atoms with Crippen LogP contribution in [0.5, 0.6) is 0 Å². The Bertz CT molecular complexity index is 1110. The highest BCUT2D eigenvalue weighted by Crippen LogP contribution is 2.22. The van der Waals surface area contributed by atoms with E-state index in [9.17, 15) is 4.79 Å². The molecule has 0 radical (unpaired) electrons. The Kier molecular flexibility index (Phi) is 4.92. The minimum absolute atomic E-state index is 0.0792. The number of hydrogen-bond acceptors (Lipinski definition) is 2. The van der Waals surface area contributed by atoms with Crippen molar-refractivity contribution in [2.45, 2.75) is 20.3 Å².